The van der Waals surface area contributed by atoms with E-state index in [1.54, 1.807) is 11.8 Å². The Hall–Kier alpha value is -0.470. The molecule has 0 aliphatic heterocycles. The summed E-state index contributed by atoms with van der Waals surface area (Å²) in [6.07, 6.45) is 2.12. The highest BCUT2D eigenvalue weighted by Gasteiger charge is 2.10. The van der Waals surface area contributed by atoms with Gasteiger partial charge in [0.1, 0.15) is 0 Å². The Balaban J connectivity index is 3.19. The van der Waals surface area contributed by atoms with Gasteiger partial charge in [0, 0.05) is 4.90 Å². The molecule has 0 aliphatic rings. The Morgan fingerprint density at radius 3 is 2.36 bits per heavy atom. The van der Waals surface area contributed by atoms with Crippen molar-refractivity contribution in [2.24, 2.45) is 5.73 Å². The van der Waals surface area contributed by atoms with E-state index in [2.05, 4.69) is 39.2 Å². The molecule has 1 atom stereocenters. The molecule has 0 aliphatic carbocycles. The van der Waals surface area contributed by atoms with Crippen molar-refractivity contribution in [2.75, 3.05) is 12.8 Å². The van der Waals surface area contributed by atoms with Crippen LogP contribution in [-0.4, -0.2) is 12.8 Å². The molecule has 78 valence electrons. The van der Waals surface area contributed by atoms with Gasteiger partial charge in [0.15, 0.2) is 0 Å². The molecule has 1 nitrogen and oxygen atoms in total. The van der Waals surface area contributed by atoms with Crippen molar-refractivity contribution in [3.05, 3.63) is 28.8 Å². The largest absolute Gasteiger partial charge is 0.330 e. The quantitative estimate of drug-likeness (QED) is 0.774. The van der Waals surface area contributed by atoms with Crippen LogP contribution in [0.25, 0.3) is 0 Å². The first kappa shape index (κ1) is 11.6. The Morgan fingerprint density at radius 2 is 1.86 bits per heavy atom. The van der Waals surface area contributed by atoms with Crippen molar-refractivity contribution < 1.29 is 0 Å². The molecule has 0 saturated carbocycles. The summed E-state index contributed by atoms with van der Waals surface area (Å²) in [5, 5.41) is 0. The van der Waals surface area contributed by atoms with Crippen molar-refractivity contribution in [1.29, 1.82) is 0 Å². The van der Waals surface area contributed by atoms with Crippen LogP contribution in [0.15, 0.2) is 17.0 Å². The molecule has 0 aromatic heterocycles. The average molecular weight is 209 g/mol. The van der Waals surface area contributed by atoms with Crippen LogP contribution in [0.2, 0.25) is 0 Å². The Labute approximate surface area is 91.1 Å². The first-order valence-electron chi connectivity index (χ1n) is 4.95. The molecule has 2 heteroatoms. The molecule has 1 unspecified atom stereocenters. The topological polar surface area (TPSA) is 26.0 Å². The summed E-state index contributed by atoms with van der Waals surface area (Å²) in [5.74, 6) is 0.455. The fourth-order valence-corrected chi connectivity index (χ4v) is 2.29. The van der Waals surface area contributed by atoms with E-state index in [0.717, 1.165) is 6.54 Å². The zero-order valence-corrected chi connectivity index (χ0v) is 10.2. The normalized spacial score (nSPS) is 12.9. The maximum Gasteiger partial charge on any atom is 0.0107 e. The molecule has 0 bridgehead atoms. The molecule has 1 aromatic rings. The van der Waals surface area contributed by atoms with Crippen LogP contribution < -0.4 is 5.73 Å². The summed E-state index contributed by atoms with van der Waals surface area (Å²) in [7, 11) is 0. The lowest BCUT2D eigenvalue weighted by atomic mass is 9.97. The molecule has 0 fully saturated rings. The minimum absolute atomic E-state index is 0.455. The van der Waals surface area contributed by atoms with Crippen LogP contribution in [0.3, 0.4) is 0 Å². The molecule has 2 N–H and O–H groups in total. The van der Waals surface area contributed by atoms with Gasteiger partial charge in [-0.2, -0.15) is 0 Å². The molecule has 1 aromatic carbocycles. The van der Waals surface area contributed by atoms with Crippen LogP contribution in [0.5, 0.6) is 0 Å². The number of rotatable bonds is 3. The summed E-state index contributed by atoms with van der Waals surface area (Å²) in [6, 6.07) is 4.54. The summed E-state index contributed by atoms with van der Waals surface area (Å²) in [4.78, 5) is 1.37. The van der Waals surface area contributed by atoms with Gasteiger partial charge in [-0.05, 0) is 55.3 Å². The Morgan fingerprint density at radius 1 is 1.29 bits per heavy atom. The second-order valence-corrected chi connectivity index (χ2v) is 4.66. The van der Waals surface area contributed by atoms with Gasteiger partial charge in [-0.25, -0.2) is 0 Å². The van der Waals surface area contributed by atoms with E-state index in [0.29, 0.717) is 5.92 Å². The zero-order valence-electron chi connectivity index (χ0n) is 9.42. The van der Waals surface area contributed by atoms with Gasteiger partial charge in [-0.3, -0.25) is 0 Å². The van der Waals surface area contributed by atoms with E-state index >= 15 is 0 Å². The summed E-state index contributed by atoms with van der Waals surface area (Å²) < 4.78 is 0. The minimum Gasteiger partial charge on any atom is -0.330 e. The predicted molar refractivity (Wildman–Crippen MR) is 65.2 cm³/mol. The van der Waals surface area contributed by atoms with E-state index in [9.17, 15) is 0 Å². The third-order valence-corrected chi connectivity index (χ3v) is 3.52. The van der Waals surface area contributed by atoms with Crippen LogP contribution >= 0.6 is 11.8 Å². The van der Waals surface area contributed by atoms with Gasteiger partial charge in [0.05, 0.1) is 0 Å². The molecule has 0 radical (unpaired) electrons. The van der Waals surface area contributed by atoms with Crippen molar-refractivity contribution in [1.82, 2.24) is 0 Å². The van der Waals surface area contributed by atoms with E-state index < -0.39 is 0 Å². The Bertz CT molecular complexity index is 320. The lowest BCUT2D eigenvalue weighted by Gasteiger charge is -2.15. The van der Waals surface area contributed by atoms with E-state index in [4.69, 9.17) is 5.73 Å². The highest BCUT2D eigenvalue weighted by molar-refractivity contribution is 7.98. The van der Waals surface area contributed by atoms with Crippen LogP contribution in [0.1, 0.15) is 29.5 Å². The maximum atomic E-state index is 5.71. The number of hydrogen-bond acceptors (Lipinski definition) is 2. The maximum absolute atomic E-state index is 5.71. The first-order chi connectivity index (χ1) is 6.60. The van der Waals surface area contributed by atoms with Gasteiger partial charge in [-0.15, -0.1) is 11.8 Å². The fraction of sp³-hybridized carbons (Fsp3) is 0.500. The molecule has 14 heavy (non-hydrogen) atoms. The second kappa shape index (κ2) is 4.85. The number of thioether (sulfide) groups is 1. The number of benzene rings is 1. The monoisotopic (exact) mass is 209 g/mol. The third kappa shape index (κ3) is 2.31. The molecular formula is C12H19NS. The van der Waals surface area contributed by atoms with Crippen molar-refractivity contribution in [2.45, 2.75) is 31.6 Å². The van der Waals surface area contributed by atoms with Crippen LogP contribution in [0, 0.1) is 13.8 Å². The van der Waals surface area contributed by atoms with E-state index in [1.807, 2.05) is 0 Å². The molecule has 1 rings (SSSR count). The highest BCUT2D eigenvalue weighted by atomic mass is 32.2. The van der Waals surface area contributed by atoms with E-state index in [1.165, 1.54) is 21.6 Å². The molecule has 0 saturated heterocycles. The van der Waals surface area contributed by atoms with Crippen LogP contribution in [0.4, 0.5) is 0 Å². The number of aryl methyl sites for hydroxylation is 2. The fourth-order valence-electron chi connectivity index (χ4n) is 1.50. The smallest absolute Gasteiger partial charge is 0.0107 e. The van der Waals surface area contributed by atoms with E-state index in [-0.39, 0.29) is 0 Å². The summed E-state index contributed by atoms with van der Waals surface area (Å²) in [5.41, 5.74) is 9.82. The number of nitrogens with two attached hydrogens (primary N) is 1. The second-order valence-electron chi connectivity index (χ2n) is 3.82. The van der Waals surface area contributed by atoms with Crippen molar-refractivity contribution in [3.63, 3.8) is 0 Å². The predicted octanol–water partition coefficient (Wildman–Crippen LogP) is 3.09. The van der Waals surface area contributed by atoms with Gasteiger partial charge in [-0.1, -0.05) is 13.0 Å². The lowest BCUT2D eigenvalue weighted by molar-refractivity contribution is 0.756. The van der Waals surface area contributed by atoms with Crippen LogP contribution in [-0.2, 0) is 0 Å². The molecular weight excluding hydrogens is 190 g/mol. The first-order valence-corrected chi connectivity index (χ1v) is 6.17. The van der Waals surface area contributed by atoms with Crippen molar-refractivity contribution >= 4 is 11.8 Å². The number of hydrogen-bond donors (Lipinski definition) is 1. The third-order valence-electron chi connectivity index (χ3n) is 2.73. The average Bonchev–Trinajstić information content (AvgIpc) is 2.20. The lowest BCUT2D eigenvalue weighted by Crippen LogP contribution is -2.10. The molecule has 0 spiro atoms. The van der Waals surface area contributed by atoms with Gasteiger partial charge in [0.2, 0.25) is 0 Å². The standard InChI is InChI=1S/C12H19NS/c1-8-5-11(10(3)7-13)12(14-4)6-9(8)2/h5-6,10H,7,13H2,1-4H3. The summed E-state index contributed by atoms with van der Waals surface area (Å²) in [6.45, 7) is 7.22. The molecule has 0 heterocycles. The van der Waals surface area contributed by atoms with Gasteiger partial charge in [0.25, 0.3) is 0 Å². The van der Waals surface area contributed by atoms with Gasteiger partial charge >= 0.3 is 0 Å². The SMILES string of the molecule is CSc1cc(C)c(C)cc1C(C)CN. The molecule has 0 amide bonds. The Kier molecular flexibility index (Phi) is 4.02. The minimum atomic E-state index is 0.455. The summed E-state index contributed by atoms with van der Waals surface area (Å²) >= 11 is 1.81. The highest BCUT2D eigenvalue weighted by Crippen LogP contribution is 2.29. The van der Waals surface area contributed by atoms with Gasteiger partial charge < -0.3 is 5.73 Å². The zero-order chi connectivity index (χ0) is 10.7. The van der Waals surface area contributed by atoms with Crippen molar-refractivity contribution in [3.8, 4) is 0 Å².